The topological polar surface area (TPSA) is 46.3 Å². The predicted molar refractivity (Wildman–Crippen MR) is 84.9 cm³/mol. The normalized spacial score (nSPS) is 13.7. The number of nitrogens with zero attached hydrogens (tertiary/aromatic N) is 1. The highest BCUT2D eigenvalue weighted by atomic mass is 19.4. The molecule has 0 bridgehead atoms. The summed E-state index contributed by atoms with van der Waals surface area (Å²) in [6.45, 7) is 6.65. The second kappa shape index (κ2) is 7.34. The lowest BCUT2D eigenvalue weighted by Gasteiger charge is -2.29. The highest BCUT2D eigenvalue weighted by Crippen LogP contribution is 2.31. The number of halogens is 3. The van der Waals surface area contributed by atoms with Crippen molar-refractivity contribution in [3.8, 4) is 0 Å². The van der Waals surface area contributed by atoms with Gasteiger partial charge in [0.25, 0.3) is 0 Å². The summed E-state index contributed by atoms with van der Waals surface area (Å²) < 4.78 is 38.3. The summed E-state index contributed by atoms with van der Waals surface area (Å²) in [5.41, 5.74) is 5.29. The number of carbonyl (C=O) groups excluding carboxylic acids is 1. The number of nitrogens with two attached hydrogens (primary N) is 1. The van der Waals surface area contributed by atoms with Gasteiger partial charge in [-0.3, -0.25) is 4.79 Å². The van der Waals surface area contributed by atoms with Crippen LogP contribution in [0.3, 0.4) is 0 Å². The Bertz CT molecular complexity index is 541. The molecule has 1 atom stereocenters. The number of hydrogen-bond donors (Lipinski definition) is 1. The van der Waals surface area contributed by atoms with Gasteiger partial charge in [-0.2, -0.15) is 13.2 Å². The Morgan fingerprint density at radius 1 is 1.30 bits per heavy atom. The van der Waals surface area contributed by atoms with Crippen molar-refractivity contribution in [3.05, 3.63) is 35.4 Å². The SMILES string of the molecule is CC(CC(=O)N(C)CC(C)(C)CN)c1cccc(C(F)(F)F)c1. The lowest BCUT2D eigenvalue weighted by molar-refractivity contribution is -0.137. The molecule has 6 heteroatoms. The van der Waals surface area contributed by atoms with Gasteiger partial charge in [-0.15, -0.1) is 0 Å². The average Bonchev–Trinajstić information content (AvgIpc) is 2.46. The summed E-state index contributed by atoms with van der Waals surface area (Å²) in [6.07, 6.45) is -4.21. The Hall–Kier alpha value is -1.56. The molecule has 0 saturated carbocycles. The summed E-state index contributed by atoms with van der Waals surface area (Å²) in [5, 5.41) is 0. The third-order valence-electron chi connectivity index (χ3n) is 3.91. The number of alkyl halides is 3. The van der Waals surface area contributed by atoms with E-state index in [1.54, 1.807) is 24.9 Å². The molecule has 0 heterocycles. The first-order chi connectivity index (χ1) is 10.5. The van der Waals surface area contributed by atoms with Crippen molar-refractivity contribution >= 4 is 5.91 Å². The van der Waals surface area contributed by atoms with Crippen LogP contribution in [0.1, 0.15) is 44.2 Å². The Kier molecular flexibility index (Phi) is 6.22. The molecular weight excluding hydrogens is 305 g/mol. The van der Waals surface area contributed by atoms with Gasteiger partial charge in [0.15, 0.2) is 0 Å². The van der Waals surface area contributed by atoms with Gasteiger partial charge in [0.1, 0.15) is 0 Å². The molecule has 1 aromatic carbocycles. The molecule has 23 heavy (non-hydrogen) atoms. The molecule has 0 aliphatic rings. The van der Waals surface area contributed by atoms with Gasteiger partial charge in [0.2, 0.25) is 5.91 Å². The summed E-state index contributed by atoms with van der Waals surface area (Å²) >= 11 is 0. The van der Waals surface area contributed by atoms with E-state index < -0.39 is 11.7 Å². The van der Waals surface area contributed by atoms with Crippen LogP contribution in [0.25, 0.3) is 0 Å². The molecule has 2 N–H and O–H groups in total. The number of amides is 1. The third kappa shape index (κ3) is 5.86. The summed E-state index contributed by atoms with van der Waals surface area (Å²) in [7, 11) is 1.69. The van der Waals surface area contributed by atoms with Crippen molar-refractivity contribution in [1.82, 2.24) is 4.90 Å². The van der Waals surface area contributed by atoms with Crippen molar-refractivity contribution < 1.29 is 18.0 Å². The maximum atomic E-state index is 12.8. The van der Waals surface area contributed by atoms with Gasteiger partial charge in [-0.25, -0.2) is 0 Å². The zero-order valence-electron chi connectivity index (χ0n) is 14.1. The smallest absolute Gasteiger partial charge is 0.345 e. The first kappa shape index (κ1) is 19.5. The van der Waals surface area contributed by atoms with Gasteiger partial charge in [0.05, 0.1) is 5.56 Å². The van der Waals surface area contributed by atoms with Crippen molar-refractivity contribution in [3.63, 3.8) is 0 Å². The molecule has 1 amide bonds. The molecule has 0 aliphatic carbocycles. The first-order valence-electron chi connectivity index (χ1n) is 7.57. The molecule has 3 nitrogen and oxygen atoms in total. The Labute approximate surface area is 135 Å². The minimum atomic E-state index is -4.37. The van der Waals surface area contributed by atoms with E-state index >= 15 is 0 Å². The van der Waals surface area contributed by atoms with Crippen molar-refractivity contribution in [2.75, 3.05) is 20.1 Å². The molecule has 1 rings (SSSR count). The molecule has 0 aliphatic heterocycles. The van der Waals surface area contributed by atoms with E-state index in [1.165, 1.54) is 6.07 Å². The lowest BCUT2D eigenvalue weighted by atomic mass is 9.92. The van der Waals surface area contributed by atoms with E-state index in [0.717, 1.165) is 12.1 Å². The van der Waals surface area contributed by atoms with E-state index in [4.69, 9.17) is 5.73 Å². The Morgan fingerprint density at radius 3 is 2.43 bits per heavy atom. The minimum absolute atomic E-state index is 0.101. The Morgan fingerprint density at radius 2 is 1.91 bits per heavy atom. The van der Waals surface area contributed by atoms with Crippen molar-refractivity contribution in [1.29, 1.82) is 0 Å². The van der Waals surface area contributed by atoms with Crippen LogP contribution in [0.4, 0.5) is 13.2 Å². The predicted octanol–water partition coefficient (Wildman–Crippen LogP) is 3.64. The summed E-state index contributed by atoms with van der Waals surface area (Å²) in [4.78, 5) is 13.9. The first-order valence-corrected chi connectivity index (χ1v) is 7.57. The van der Waals surface area contributed by atoms with Crippen LogP contribution >= 0.6 is 0 Å². The van der Waals surface area contributed by atoms with Gasteiger partial charge in [-0.05, 0) is 29.5 Å². The van der Waals surface area contributed by atoms with Gasteiger partial charge >= 0.3 is 6.18 Å². The molecule has 1 unspecified atom stereocenters. The second-order valence-electron chi connectivity index (χ2n) is 6.85. The molecule has 0 aromatic heterocycles. The summed E-state index contributed by atoms with van der Waals surface area (Å²) in [6, 6.07) is 5.15. The molecule has 0 saturated heterocycles. The molecule has 1 aromatic rings. The number of carbonyl (C=O) groups is 1. The zero-order chi connectivity index (χ0) is 17.8. The lowest BCUT2D eigenvalue weighted by Crippen LogP contribution is -2.40. The molecule has 0 radical (unpaired) electrons. The van der Waals surface area contributed by atoms with Gasteiger partial charge < -0.3 is 10.6 Å². The zero-order valence-corrected chi connectivity index (χ0v) is 14.1. The van der Waals surface area contributed by atoms with Crippen molar-refractivity contribution in [2.45, 2.75) is 39.3 Å². The van der Waals surface area contributed by atoms with E-state index in [1.807, 2.05) is 13.8 Å². The average molecular weight is 330 g/mol. The van der Waals surface area contributed by atoms with Crippen molar-refractivity contribution in [2.24, 2.45) is 11.1 Å². The van der Waals surface area contributed by atoms with E-state index in [-0.39, 0.29) is 23.7 Å². The maximum absolute atomic E-state index is 12.8. The van der Waals surface area contributed by atoms with E-state index in [2.05, 4.69) is 0 Å². The van der Waals surface area contributed by atoms with Gasteiger partial charge in [-0.1, -0.05) is 39.0 Å². The summed E-state index contributed by atoms with van der Waals surface area (Å²) in [5.74, 6) is -0.385. The van der Waals surface area contributed by atoms with Crippen LogP contribution in [-0.2, 0) is 11.0 Å². The third-order valence-corrected chi connectivity index (χ3v) is 3.91. The van der Waals surface area contributed by atoms with Gasteiger partial charge in [0, 0.05) is 20.0 Å². The fraction of sp³-hybridized carbons (Fsp3) is 0.588. The largest absolute Gasteiger partial charge is 0.416 e. The highest BCUT2D eigenvalue weighted by molar-refractivity contribution is 5.76. The number of benzene rings is 1. The Balaban J connectivity index is 2.76. The fourth-order valence-corrected chi connectivity index (χ4v) is 2.35. The van der Waals surface area contributed by atoms with Crippen LogP contribution in [-0.4, -0.2) is 30.9 Å². The maximum Gasteiger partial charge on any atom is 0.416 e. The molecule has 130 valence electrons. The van der Waals surface area contributed by atoms with Crippen LogP contribution in [0.15, 0.2) is 24.3 Å². The van der Waals surface area contributed by atoms with Crippen LogP contribution < -0.4 is 5.73 Å². The highest BCUT2D eigenvalue weighted by Gasteiger charge is 2.31. The van der Waals surface area contributed by atoms with Crippen LogP contribution in [0.2, 0.25) is 0 Å². The molecule has 0 fully saturated rings. The molecule has 0 spiro atoms. The molecular formula is C17H25F3N2O. The van der Waals surface area contributed by atoms with Crippen LogP contribution in [0.5, 0.6) is 0 Å². The standard InChI is InChI=1S/C17H25F3N2O/c1-12(8-15(23)22(4)11-16(2,3)10-21)13-6-5-7-14(9-13)17(18,19)20/h5-7,9,12H,8,10-11,21H2,1-4H3. The fourth-order valence-electron chi connectivity index (χ4n) is 2.35. The number of hydrogen-bond acceptors (Lipinski definition) is 2. The monoisotopic (exact) mass is 330 g/mol. The number of rotatable bonds is 6. The second-order valence-corrected chi connectivity index (χ2v) is 6.85. The van der Waals surface area contributed by atoms with Crippen LogP contribution in [0, 0.1) is 5.41 Å². The minimum Gasteiger partial charge on any atom is -0.345 e. The van der Waals surface area contributed by atoms with E-state index in [0.29, 0.717) is 18.7 Å². The van der Waals surface area contributed by atoms with E-state index in [9.17, 15) is 18.0 Å². The quantitative estimate of drug-likeness (QED) is 0.865.